The van der Waals surface area contributed by atoms with Crippen molar-refractivity contribution in [3.63, 3.8) is 0 Å². The third-order valence-corrected chi connectivity index (χ3v) is 8.95. The zero-order valence-corrected chi connectivity index (χ0v) is 32.5. The van der Waals surface area contributed by atoms with Gasteiger partial charge in [-0.2, -0.15) is 0 Å². The van der Waals surface area contributed by atoms with Gasteiger partial charge in [0.2, 0.25) is 0 Å². The lowest BCUT2D eigenvalue weighted by atomic mass is 10.0. The average Bonchev–Trinajstić information content (AvgIpc) is 3.08. The van der Waals surface area contributed by atoms with Gasteiger partial charge in [-0.25, -0.2) is 4.57 Å². The Kier molecular flexibility index (Phi) is 35.3. The van der Waals surface area contributed by atoms with Gasteiger partial charge in [0.15, 0.2) is 6.10 Å². The van der Waals surface area contributed by atoms with E-state index < -0.39 is 32.5 Å². The Hall–Kier alpha value is -1.99. The van der Waals surface area contributed by atoms with Crippen molar-refractivity contribution in [1.82, 2.24) is 0 Å². The first-order chi connectivity index (χ1) is 24.3. The molecule has 0 bridgehead atoms. The average molecular weight is 725 g/mol. The number of hydrogen-bond donors (Lipinski definition) is 2. The van der Waals surface area contributed by atoms with Crippen LogP contribution in [-0.4, -0.2) is 41.0 Å². The molecule has 0 radical (unpaired) electrons. The van der Waals surface area contributed by atoms with E-state index in [2.05, 4.69) is 48.4 Å². The molecular weight excluding hydrogens is 651 g/mol. The molecule has 1 atom stereocenters. The minimum Gasteiger partial charge on any atom is -0.462 e. The maximum absolute atomic E-state index is 12.4. The second-order valence-electron chi connectivity index (χ2n) is 13.3. The van der Waals surface area contributed by atoms with Crippen molar-refractivity contribution < 1.29 is 37.9 Å². The topological polar surface area (TPSA) is 119 Å². The summed E-state index contributed by atoms with van der Waals surface area (Å²) in [5, 5.41) is 0. The van der Waals surface area contributed by atoms with E-state index in [4.69, 9.17) is 19.3 Å². The van der Waals surface area contributed by atoms with Gasteiger partial charge in [0.25, 0.3) is 0 Å². The number of hydrogen-bond acceptors (Lipinski definition) is 6. The highest BCUT2D eigenvalue weighted by molar-refractivity contribution is 7.46. The van der Waals surface area contributed by atoms with Crippen LogP contribution < -0.4 is 0 Å². The normalized spacial score (nSPS) is 12.7. The van der Waals surface area contributed by atoms with Crippen LogP contribution in [0.4, 0.5) is 0 Å². The first-order valence-corrected chi connectivity index (χ1v) is 21.4. The van der Waals surface area contributed by atoms with E-state index in [1.165, 1.54) is 103 Å². The number of esters is 2. The lowest BCUT2D eigenvalue weighted by molar-refractivity contribution is -0.161. The zero-order chi connectivity index (χ0) is 36.8. The summed E-state index contributed by atoms with van der Waals surface area (Å²) in [7, 11) is -4.77. The van der Waals surface area contributed by atoms with Crippen LogP contribution in [0.3, 0.4) is 0 Å². The third-order valence-electron chi connectivity index (χ3n) is 8.47. The highest BCUT2D eigenvalue weighted by atomic mass is 31.2. The Balaban J connectivity index is 4.01. The molecule has 9 heteroatoms. The number of ether oxygens (including phenoxy) is 2. The van der Waals surface area contributed by atoms with E-state index in [-0.39, 0.29) is 19.4 Å². The van der Waals surface area contributed by atoms with Gasteiger partial charge in [0.1, 0.15) is 6.61 Å². The van der Waals surface area contributed by atoms with Gasteiger partial charge in [0, 0.05) is 12.8 Å². The molecule has 0 aliphatic heterocycles. The van der Waals surface area contributed by atoms with Gasteiger partial charge in [-0.1, -0.05) is 152 Å². The molecule has 0 spiro atoms. The smallest absolute Gasteiger partial charge is 0.462 e. The number of rotatable bonds is 37. The minimum absolute atomic E-state index is 0.139. The van der Waals surface area contributed by atoms with Gasteiger partial charge < -0.3 is 19.3 Å². The van der Waals surface area contributed by atoms with Crippen molar-refractivity contribution in [1.29, 1.82) is 0 Å². The molecule has 0 aromatic heterocycles. The summed E-state index contributed by atoms with van der Waals surface area (Å²) in [5.74, 6) is -0.948. The van der Waals surface area contributed by atoms with Crippen molar-refractivity contribution in [2.24, 2.45) is 0 Å². The fraction of sp³-hybridized carbons (Fsp3) is 0.756. The van der Waals surface area contributed by atoms with E-state index in [1.807, 2.05) is 12.2 Å². The van der Waals surface area contributed by atoms with Crippen LogP contribution in [0.15, 0.2) is 49.1 Å². The first-order valence-electron chi connectivity index (χ1n) is 19.9. The maximum Gasteiger partial charge on any atom is 0.469 e. The van der Waals surface area contributed by atoms with Crippen LogP contribution in [-0.2, 0) is 28.2 Å². The Morgan fingerprint density at radius 1 is 0.580 bits per heavy atom. The predicted molar refractivity (Wildman–Crippen MR) is 207 cm³/mol. The molecular formula is C41H73O8P. The molecule has 8 nitrogen and oxygen atoms in total. The summed E-state index contributed by atoms with van der Waals surface area (Å²) in [6.07, 6.45) is 43.0. The molecule has 0 aliphatic rings. The molecule has 0 amide bonds. The lowest BCUT2D eigenvalue weighted by Gasteiger charge is -2.18. The van der Waals surface area contributed by atoms with E-state index in [1.54, 1.807) is 0 Å². The van der Waals surface area contributed by atoms with Crippen molar-refractivity contribution in [3.8, 4) is 0 Å². The van der Waals surface area contributed by atoms with Crippen molar-refractivity contribution in [3.05, 3.63) is 49.1 Å². The van der Waals surface area contributed by atoms with Crippen LogP contribution in [0, 0.1) is 0 Å². The zero-order valence-electron chi connectivity index (χ0n) is 31.6. The molecule has 0 unspecified atom stereocenters. The Morgan fingerprint density at radius 2 is 1.02 bits per heavy atom. The monoisotopic (exact) mass is 725 g/mol. The molecule has 0 aliphatic carbocycles. The Labute approximate surface area is 305 Å². The number of unbranched alkanes of at least 4 members (excludes halogenated alkanes) is 20. The van der Waals surface area contributed by atoms with Crippen LogP contribution in [0.25, 0.3) is 0 Å². The van der Waals surface area contributed by atoms with E-state index >= 15 is 0 Å². The van der Waals surface area contributed by atoms with Gasteiger partial charge in [-0.05, 0) is 57.8 Å². The number of phosphoric acid groups is 1. The molecule has 0 fully saturated rings. The molecule has 0 saturated carbocycles. The Morgan fingerprint density at radius 3 is 1.54 bits per heavy atom. The fourth-order valence-electron chi connectivity index (χ4n) is 5.49. The van der Waals surface area contributed by atoms with Gasteiger partial charge >= 0.3 is 19.8 Å². The predicted octanol–water partition coefficient (Wildman–Crippen LogP) is 12.0. The van der Waals surface area contributed by atoms with E-state index in [0.717, 1.165) is 38.5 Å². The summed E-state index contributed by atoms with van der Waals surface area (Å²) in [5.41, 5.74) is 0. The van der Waals surface area contributed by atoms with Crippen LogP contribution in [0.2, 0.25) is 0 Å². The summed E-state index contributed by atoms with van der Waals surface area (Å²) in [6, 6.07) is 0. The quantitative estimate of drug-likeness (QED) is 0.0281. The molecule has 0 heterocycles. The molecule has 0 aromatic carbocycles. The molecule has 0 aromatic rings. The summed E-state index contributed by atoms with van der Waals surface area (Å²) >= 11 is 0. The van der Waals surface area contributed by atoms with Gasteiger partial charge in [0.05, 0.1) is 6.61 Å². The Bertz CT molecular complexity index is 939. The number of phosphoric ester groups is 1. The number of carbonyl (C=O) groups excluding carboxylic acids is 2. The summed E-state index contributed by atoms with van der Waals surface area (Å²) in [6.45, 7) is 5.15. The highest BCUT2D eigenvalue weighted by Crippen LogP contribution is 2.36. The van der Waals surface area contributed by atoms with Gasteiger partial charge in [-0.3, -0.25) is 14.1 Å². The third kappa shape index (κ3) is 38.8. The summed E-state index contributed by atoms with van der Waals surface area (Å²) < 4.78 is 26.3. The van der Waals surface area contributed by atoms with Crippen molar-refractivity contribution >= 4 is 19.8 Å². The van der Waals surface area contributed by atoms with Crippen LogP contribution in [0.1, 0.15) is 180 Å². The van der Waals surface area contributed by atoms with Gasteiger partial charge in [-0.15, -0.1) is 6.58 Å². The number of allylic oxidation sites excluding steroid dienone is 7. The fourth-order valence-corrected chi connectivity index (χ4v) is 5.85. The second kappa shape index (κ2) is 36.8. The molecule has 0 saturated heterocycles. The lowest BCUT2D eigenvalue weighted by Crippen LogP contribution is -2.29. The second-order valence-corrected chi connectivity index (χ2v) is 14.6. The van der Waals surface area contributed by atoms with Crippen molar-refractivity contribution in [2.75, 3.05) is 13.2 Å². The number of carbonyl (C=O) groups is 2. The molecule has 50 heavy (non-hydrogen) atoms. The standard InChI is InChI=1S/C41H73O8P/c1-3-5-7-9-11-13-15-17-19-20-22-24-26-28-30-32-34-36-41(43)49-39(38-48-50(44,45)46)37-47-40(42)35-33-31-29-27-25-23-21-18-16-14-12-10-8-6-4-2/h4,17,19,22,24,28,30,39H,2-3,5-16,18,20-21,23,25-27,29,31-38H2,1H3,(H2,44,45,46)/b19-17+,24-22+,30-28+/t39-/m1/s1. The first kappa shape index (κ1) is 48.0. The van der Waals surface area contributed by atoms with E-state index in [0.29, 0.717) is 19.3 Å². The highest BCUT2D eigenvalue weighted by Gasteiger charge is 2.22. The largest absolute Gasteiger partial charge is 0.469 e. The van der Waals surface area contributed by atoms with Crippen molar-refractivity contribution in [2.45, 2.75) is 186 Å². The minimum atomic E-state index is -4.77. The van der Waals surface area contributed by atoms with E-state index in [9.17, 15) is 14.2 Å². The van der Waals surface area contributed by atoms with Crippen LogP contribution >= 0.6 is 7.82 Å². The summed E-state index contributed by atoms with van der Waals surface area (Å²) in [4.78, 5) is 42.7. The molecule has 2 N–H and O–H groups in total. The maximum atomic E-state index is 12.4. The van der Waals surface area contributed by atoms with Crippen LogP contribution in [0.5, 0.6) is 0 Å². The molecule has 0 rings (SSSR count). The SMILES string of the molecule is C=CCCCCCCCCCCCCCCCC(=O)OC[C@H](COP(=O)(O)O)OC(=O)CCC/C=C/C/C=C/C/C=C/CCCCCCCC. The molecule has 290 valence electrons.